The Balaban J connectivity index is 1.49. The van der Waals surface area contributed by atoms with Crippen LogP contribution in [0.2, 0.25) is 0 Å². The molecule has 0 saturated heterocycles. The number of amides is 2. The van der Waals surface area contributed by atoms with E-state index in [0.29, 0.717) is 19.0 Å². The molecule has 0 spiro atoms. The second-order valence-electron chi connectivity index (χ2n) is 6.07. The number of nitrogens with zero attached hydrogens (tertiary/aromatic N) is 2. The molecule has 3 rings (SSSR count). The summed E-state index contributed by atoms with van der Waals surface area (Å²) in [5, 5.41) is 5.47. The van der Waals surface area contributed by atoms with Crippen LogP contribution in [-0.4, -0.2) is 22.1 Å². The molecule has 1 aliphatic carbocycles. The fourth-order valence-corrected chi connectivity index (χ4v) is 3.04. The molecule has 6 nitrogen and oxygen atoms in total. The molecule has 0 aliphatic heterocycles. The zero-order valence-corrected chi connectivity index (χ0v) is 13.6. The lowest BCUT2D eigenvalue weighted by atomic mass is 10.0. The molecule has 2 N–H and O–H groups in total. The van der Waals surface area contributed by atoms with E-state index in [4.69, 9.17) is 0 Å². The van der Waals surface area contributed by atoms with Gasteiger partial charge in [-0.15, -0.1) is 0 Å². The van der Waals surface area contributed by atoms with Crippen LogP contribution in [0.5, 0.6) is 0 Å². The summed E-state index contributed by atoms with van der Waals surface area (Å²) in [6.45, 7) is 0.766. The molecule has 0 radical (unpaired) electrons. The van der Waals surface area contributed by atoms with Gasteiger partial charge in [0.05, 0.1) is 12.0 Å². The minimum Gasteiger partial charge on any atom is -0.336 e. The van der Waals surface area contributed by atoms with Crippen molar-refractivity contribution in [2.75, 3.05) is 11.9 Å². The van der Waals surface area contributed by atoms with Crippen LogP contribution in [0, 0.1) is 0 Å². The van der Waals surface area contributed by atoms with Crippen molar-refractivity contribution in [3.05, 3.63) is 58.8 Å². The average Bonchev–Trinajstić information content (AvgIpc) is 3.12. The van der Waals surface area contributed by atoms with Gasteiger partial charge < -0.3 is 10.6 Å². The van der Waals surface area contributed by atoms with E-state index in [1.807, 2.05) is 30.3 Å². The Morgan fingerprint density at radius 2 is 1.96 bits per heavy atom. The van der Waals surface area contributed by atoms with Crippen LogP contribution in [0.1, 0.15) is 37.3 Å². The number of rotatable bonds is 5. The number of carbonyl (C=O) groups excluding carboxylic acids is 1. The zero-order valence-electron chi connectivity index (χ0n) is 13.6. The molecule has 1 aromatic carbocycles. The smallest absolute Gasteiger partial charge is 0.319 e. The average molecular weight is 326 g/mol. The maximum atomic E-state index is 12.2. The molecule has 0 atom stereocenters. The molecule has 2 aromatic rings. The lowest BCUT2D eigenvalue weighted by molar-refractivity contribution is 0.251. The standard InChI is InChI=1S/C18H22N4O2/c23-17-12-16(14-6-4-5-7-14)20-13-22(17)11-10-19-18(24)21-15-8-2-1-3-9-15/h1-3,8-9,12-14H,4-7,10-11H2,(H2,19,21,24). The normalized spacial score (nSPS) is 14.5. The van der Waals surface area contributed by atoms with Gasteiger partial charge in [-0.25, -0.2) is 9.78 Å². The largest absolute Gasteiger partial charge is 0.336 e. The molecule has 1 aromatic heterocycles. The Morgan fingerprint density at radius 3 is 2.67 bits per heavy atom. The van der Waals surface area contributed by atoms with Gasteiger partial charge in [0.15, 0.2) is 0 Å². The summed E-state index contributed by atoms with van der Waals surface area (Å²) in [5.74, 6) is 0.433. The fourth-order valence-electron chi connectivity index (χ4n) is 3.04. The number of hydrogen-bond acceptors (Lipinski definition) is 3. The van der Waals surface area contributed by atoms with Crippen molar-refractivity contribution in [1.29, 1.82) is 0 Å². The van der Waals surface area contributed by atoms with Crippen molar-refractivity contribution in [1.82, 2.24) is 14.9 Å². The predicted octanol–water partition coefficient (Wildman–Crippen LogP) is 2.72. The van der Waals surface area contributed by atoms with Gasteiger partial charge in [-0.1, -0.05) is 31.0 Å². The number of nitrogens with one attached hydrogen (secondary N) is 2. The highest BCUT2D eigenvalue weighted by Gasteiger charge is 2.18. The molecule has 1 saturated carbocycles. The molecule has 24 heavy (non-hydrogen) atoms. The second-order valence-corrected chi connectivity index (χ2v) is 6.07. The SMILES string of the molecule is O=C(NCCn1cnc(C2CCCC2)cc1=O)Nc1ccccc1. The molecule has 126 valence electrons. The van der Waals surface area contributed by atoms with E-state index in [1.165, 1.54) is 17.4 Å². The van der Waals surface area contributed by atoms with Gasteiger partial charge in [-0.3, -0.25) is 9.36 Å². The topological polar surface area (TPSA) is 76.0 Å². The van der Waals surface area contributed by atoms with E-state index in [0.717, 1.165) is 24.2 Å². The van der Waals surface area contributed by atoms with Gasteiger partial charge in [0.2, 0.25) is 0 Å². The van der Waals surface area contributed by atoms with E-state index in [-0.39, 0.29) is 11.6 Å². The number of aromatic nitrogens is 2. The summed E-state index contributed by atoms with van der Waals surface area (Å²) in [6.07, 6.45) is 6.27. The molecule has 2 amide bonds. The summed E-state index contributed by atoms with van der Waals surface area (Å²) < 4.78 is 1.53. The third kappa shape index (κ3) is 4.22. The van der Waals surface area contributed by atoms with Gasteiger partial charge in [0.25, 0.3) is 5.56 Å². The summed E-state index contributed by atoms with van der Waals surface area (Å²) in [6, 6.07) is 10.6. The first-order valence-electron chi connectivity index (χ1n) is 8.38. The van der Waals surface area contributed by atoms with Crippen molar-refractivity contribution in [3.63, 3.8) is 0 Å². The van der Waals surface area contributed by atoms with Crippen molar-refractivity contribution in [2.45, 2.75) is 38.1 Å². The summed E-state index contributed by atoms with van der Waals surface area (Å²) in [5.41, 5.74) is 1.58. The van der Waals surface area contributed by atoms with Crippen LogP contribution in [0.3, 0.4) is 0 Å². The summed E-state index contributed by atoms with van der Waals surface area (Å²) >= 11 is 0. The number of hydrogen-bond donors (Lipinski definition) is 2. The van der Waals surface area contributed by atoms with Crippen molar-refractivity contribution in [2.24, 2.45) is 0 Å². The molecular formula is C18H22N4O2. The molecule has 6 heteroatoms. The Kier molecular flexibility index (Phi) is 5.25. The predicted molar refractivity (Wildman–Crippen MR) is 93.2 cm³/mol. The van der Waals surface area contributed by atoms with Gasteiger partial charge >= 0.3 is 6.03 Å². The molecule has 0 bridgehead atoms. The van der Waals surface area contributed by atoms with Gasteiger partial charge in [0.1, 0.15) is 0 Å². The van der Waals surface area contributed by atoms with Crippen molar-refractivity contribution >= 4 is 11.7 Å². The summed E-state index contributed by atoms with van der Waals surface area (Å²) in [4.78, 5) is 28.4. The Hall–Kier alpha value is -2.63. The third-order valence-electron chi connectivity index (χ3n) is 4.34. The maximum Gasteiger partial charge on any atom is 0.319 e. The molecule has 1 fully saturated rings. The van der Waals surface area contributed by atoms with Gasteiger partial charge in [-0.2, -0.15) is 0 Å². The fraction of sp³-hybridized carbons (Fsp3) is 0.389. The number of urea groups is 1. The molecule has 1 aliphatic rings. The van der Waals surface area contributed by atoms with Crippen LogP contribution in [-0.2, 0) is 6.54 Å². The molecule has 0 unspecified atom stereocenters. The van der Waals surface area contributed by atoms with Crippen molar-refractivity contribution in [3.8, 4) is 0 Å². The van der Waals surface area contributed by atoms with E-state index in [9.17, 15) is 9.59 Å². The lowest BCUT2D eigenvalue weighted by Gasteiger charge is -2.11. The zero-order chi connectivity index (χ0) is 16.8. The van der Waals surface area contributed by atoms with Crippen LogP contribution in [0.25, 0.3) is 0 Å². The van der Waals surface area contributed by atoms with Gasteiger partial charge in [-0.05, 0) is 25.0 Å². The molecule has 1 heterocycles. The number of para-hydroxylation sites is 1. The van der Waals surface area contributed by atoms with Gasteiger partial charge in [0, 0.05) is 30.8 Å². The monoisotopic (exact) mass is 326 g/mol. The van der Waals surface area contributed by atoms with Crippen molar-refractivity contribution < 1.29 is 4.79 Å². The third-order valence-corrected chi connectivity index (χ3v) is 4.34. The van der Waals surface area contributed by atoms with E-state index < -0.39 is 0 Å². The quantitative estimate of drug-likeness (QED) is 0.887. The first kappa shape index (κ1) is 16.2. The first-order chi connectivity index (χ1) is 11.7. The van der Waals surface area contributed by atoms with E-state index >= 15 is 0 Å². The first-order valence-corrected chi connectivity index (χ1v) is 8.38. The van der Waals surface area contributed by atoms with Crippen LogP contribution < -0.4 is 16.2 Å². The highest BCUT2D eigenvalue weighted by molar-refractivity contribution is 5.89. The lowest BCUT2D eigenvalue weighted by Crippen LogP contribution is -2.33. The van der Waals surface area contributed by atoms with Crippen LogP contribution >= 0.6 is 0 Å². The highest BCUT2D eigenvalue weighted by Crippen LogP contribution is 2.32. The Bertz CT molecular complexity index is 736. The summed E-state index contributed by atoms with van der Waals surface area (Å²) in [7, 11) is 0. The van der Waals surface area contributed by atoms with E-state index in [1.54, 1.807) is 12.4 Å². The van der Waals surface area contributed by atoms with Crippen LogP contribution in [0.15, 0.2) is 47.5 Å². The number of benzene rings is 1. The molecular weight excluding hydrogens is 304 g/mol. The number of anilines is 1. The highest BCUT2D eigenvalue weighted by atomic mass is 16.2. The minimum atomic E-state index is -0.287. The minimum absolute atomic E-state index is 0.0582. The number of carbonyl (C=O) groups is 1. The second kappa shape index (κ2) is 7.77. The van der Waals surface area contributed by atoms with E-state index in [2.05, 4.69) is 15.6 Å². The maximum absolute atomic E-state index is 12.2. The Morgan fingerprint density at radius 1 is 1.21 bits per heavy atom. The Labute approximate surface area is 140 Å². The van der Waals surface area contributed by atoms with Crippen LogP contribution in [0.4, 0.5) is 10.5 Å².